The highest BCUT2D eigenvalue weighted by Crippen LogP contribution is 2.14. The highest BCUT2D eigenvalue weighted by molar-refractivity contribution is 5.78. The van der Waals surface area contributed by atoms with Crippen molar-refractivity contribution in [2.24, 2.45) is 11.7 Å². The van der Waals surface area contributed by atoms with Crippen LogP contribution < -0.4 is 11.1 Å². The van der Waals surface area contributed by atoms with Crippen molar-refractivity contribution in [2.75, 3.05) is 6.54 Å². The maximum atomic E-state index is 12.8. The van der Waals surface area contributed by atoms with E-state index in [1.54, 1.807) is 12.1 Å². The minimum Gasteiger partial charge on any atom is -0.349 e. The van der Waals surface area contributed by atoms with Gasteiger partial charge in [0.05, 0.1) is 6.04 Å². The van der Waals surface area contributed by atoms with E-state index in [9.17, 15) is 9.18 Å². The first kappa shape index (κ1) is 14.6. The lowest BCUT2D eigenvalue weighted by molar-refractivity contribution is -0.125. The first-order chi connectivity index (χ1) is 8.54. The van der Waals surface area contributed by atoms with Crippen LogP contribution in [0.25, 0.3) is 0 Å². The summed E-state index contributed by atoms with van der Waals surface area (Å²) < 4.78 is 12.8. The van der Waals surface area contributed by atoms with Crippen molar-refractivity contribution in [1.82, 2.24) is 5.32 Å². The molecular weight excluding hydrogens is 231 g/mol. The summed E-state index contributed by atoms with van der Waals surface area (Å²) in [6.45, 7) is 4.38. The Morgan fingerprint density at radius 1 is 1.33 bits per heavy atom. The molecule has 3 nitrogen and oxygen atoms in total. The summed E-state index contributed by atoms with van der Waals surface area (Å²) in [6.07, 6.45) is 1.64. The highest BCUT2D eigenvalue weighted by atomic mass is 19.1. The fourth-order valence-electron chi connectivity index (χ4n) is 1.75. The van der Waals surface area contributed by atoms with E-state index in [4.69, 9.17) is 5.73 Å². The molecular formula is C14H21FN2O. The number of benzene rings is 1. The van der Waals surface area contributed by atoms with Crippen molar-refractivity contribution in [3.63, 3.8) is 0 Å². The van der Waals surface area contributed by atoms with Gasteiger partial charge in [0.2, 0.25) is 5.91 Å². The first-order valence-electron chi connectivity index (χ1n) is 6.30. The van der Waals surface area contributed by atoms with Gasteiger partial charge in [-0.1, -0.05) is 19.1 Å². The van der Waals surface area contributed by atoms with Crippen LogP contribution in [0.15, 0.2) is 24.3 Å². The van der Waals surface area contributed by atoms with Crippen molar-refractivity contribution in [1.29, 1.82) is 0 Å². The molecule has 0 saturated heterocycles. The summed E-state index contributed by atoms with van der Waals surface area (Å²) in [5, 5.41) is 2.92. The molecule has 3 N–H and O–H groups in total. The number of carbonyl (C=O) groups is 1. The topological polar surface area (TPSA) is 55.1 Å². The number of nitrogens with two attached hydrogens (primary N) is 1. The summed E-state index contributed by atoms with van der Waals surface area (Å²) >= 11 is 0. The van der Waals surface area contributed by atoms with Crippen LogP contribution >= 0.6 is 0 Å². The molecule has 2 atom stereocenters. The Kier molecular flexibility index (Phi) is 5.78. The lowest BCUT2D eigenvalue weighted by atomic mass is 10.0. The van der Waals surface area contributed by atoms with Crippen LogP contribution in [0.4, 0.5) is 4.39 Å². The number of carbonyl (C=O) groups excluding carboxylic acids is 1. The van der Waals surface area contributed by atoms with Crippen LogP contribution in [0.5, 0.6) is 0 Å². The molecule has 1 aromatic rings. The van der Waals surface area contributed by atoms with Crippen LogP contribution in [-0.2, 0) is 4.79 Å². The highest BCUT2D eigenvalue weighted by Gasteiger charge is 2.15. The normalized spacial score (nSPS) is 14.0. The van der Waals surface area contributed by atoms with Gasteiger partial charge in [0, 0.05) is 5.92 Å². The van der Waals surface area contributed by atoms with E-state index in [1.165, 1.54) is 12.1 Å². The molecule has 0 aromatic heterocycles. The van der Waals surface area contributed by atoms with Gasteiger partial charge in [-0.05, 0) is 44.0 Å². The van der Waals surface area contributed by atoms with Crippen LogP contribution in [0.2, 0.25) is 0 Å². The molecule has 18 heavy (non-hydrogen) atoms. The second kappa shape index (κ2) is 7.11. The Labute approximate surface area is 108 Å². The first-order valence-corrected chi connectivity index (χ1v) is 6.30. The predicted octanol–water partition coefficient (Wildman–Crippen LogP) is 2.38. The molecule has 1 rings (SSSR count). The van der Waals surface area contributed by atoms with E-state index in [1.807, 2.05) is 13.8 Å². The summed E-state index contributed by atoms with van der Waals surface area (Å²) in [4.78, 5) is 11.9. The van der Waals surface area contributed by atoms with Gasteiger partial charge in [-0.15, -0.1) is 0 Å². The molecule has 0 saturated carbocycles. The van der Waals surface area contributed by atoms with Gasteiger partial charge < -0.3 is 11.1 Å². The van der Waals surface area contributed by atoms with Gasteiger partial charge in [-0.2, -0.15) is 0 Å². The van der Waals surface area contributed by atoms with Gasteiger partial charge in [-0.25, -0.2) is 4.39 Å². The number of nitrogens with one attached hydrogen (secondary N) is 1. The average molecular weight is 252 g/mol. The smallest absolute Gasteiger partial charge is 0.223 e. The SMILES string of the molecule is CC(CCCN)C(=O)NC(C)c1ccc(F)cc1. The third-order valence-corrected chi connectivity index (χ3v) is 3.02. The molecule has 0 aliphatic carbocycles. The lowest BCUT2D eigenvalue weighted by Gasteiger charge is -2.17. The van der Waals surface area contributed by atoms with Gasteiger partial charge in [-0.3, -0.25) is 4.79 Å². The Bertz CT molecular complexity index is 378. The van der Waals surface area contributed by atoms with Gasteiger partial charge in [0.1, 0.15) is 5.82 Å². The molecule has 0 aliphatic heterocycles. The average Bonchev–Trinajstić information content (AvgIpc) is 2.36. The fourth-order valence-corrected chi connectivity index (χ4v) is 1.75. The lowest BCUT2D eigenvalue weighted by Crippen LogP contribution is -2.31. The molecule has 2 unspecified atom stereocenters. The van der Waals surface area contributed by atoms with Gasteiger partial charge in [0.25, 0.3) is 0 Å². The molecule has 0 aliphatic rings. The summed E-state index contributed by atoms with van der Waals surface area (Å²) in [5.74, 6) is -0.301. The van der Waals surface area contributed by atoms with Crippen LogP contribution in [0.1, 0.15) is 38.3 Å². The zero-order valence-corrected chi connectivity index (χ0v) is 10.9. The van der Waals surface area contributed by atoms with Crippen molar-refractivity contribution in [3.05, 3.63) is 35.6 Å². The van der Waals surface area contributed by atoms with Gasteiger partial charge >= 0.3 is 0 Å². The van der Waals surface area contributed by atoms with E-state index in [0.717, 1.165) is 18.4 Å². The van der Waals surface area contributed by atoms with E-state index < -0.39 is 0 Å². The van der Waals surface area contributed by atoms with Crippen molar-refractivity contribution < 1.29 is 9.18 Å². The van der Waals surface area contributed by atoms with Crippen LogP contribution in [-0.4, -0.2) is 12.5 Å². The third-order valence-electron chi connectivity index (χ3n) is 3.02. The fraction of sp³-hybridized carbons (Fsp3) is 0.500. The number of hydrogen-bond donors (Lipinski definition) is 2. The largest absolute Gasteiger partial charge is 0.349 e. The Hall–Kier alpha value is -1.42. The summed E-state index contributed by atoms with van der Waals surface area (Å²) in [7, 11) is 0. The van der Waals surface area contributed by atoms with Crippen LogP contribution in [0, 0.1) is 11.7 Å². The molecule has 0 spiro atoms. The standard InChI is InChI=1S/C14H21FN2O/c1-10(4-3-9-16)14(18)17-11(2)12-5-7-13(15)8-6-12/h5-8,10-11H,3-4,9,16H2,1-2H3,(H,17,18). The van der Waals surface area contributed by atoms with Gasteiger partial charge in [0.15, 0.2) is 0 Å². The zero-order valence-electron chi connectivity index (χ0n) is 10.9. The van der Waals surface area contributed by atoms with E-state index in [0.29, 0.717) is 6.54 Å². The second-order valence-electron chi connectivity index (χ2n) is 4.61. The molecule has 0 heterocycles. The van der Waals surface area contributed by atoms with Crippen LogP contribution in [0.3, 0.4) is 0 Å². The Morgan fingerprint density at radius 2 is 1.94 bits per heavy atom. The van der Waals surface area contributed by atoms with E-state index in [-0.39, 0.29) is 23.7 Å². The second-order valence-corrected chi connectivity index (χ2v) is 4.61. The zero-order chi connectivity index (χ0) is 13.5. The molecule has 4 heteroatoms. The molecule has 0 fully saturated rings. The van der Waals surface area contributed by atoms with Crippen molar-refractivity contribution in [3.8, 4) is 0 Å². The minimum absolute atomic E-state index is 0.0141. The Balaban J connectivity index is 2.51. The molecule has 1 aromatic carbocycles. The quantitative estimate of drug-likeness (QED) is 0.816. The summed E-state index contributed by atoms with van der Waals surface area (Å²) in [5.41, 5.74) is 6.32. The monoisotopic (exact) mass is 252 g/mol. The molecule has 0 radical (unpaired) electrons. The number of rotatable bonds is 6. The number of hydrogen-bond acceptors (Lipinski definition) is 2. The van der Waals surface area contributed by atoms with E-state index in [2.05, 4.69) is 5.32 Å². The number of halogens is 1. The molecule has 1 amide bonds. The maximum absolute atomic E-state index is 12.8. The predicted molar refractivity (Wildman–Crippen MR) is 70.4 cm³/mol. The van der Waals surface area contributed by atoms with Crippen molar-refractivity contribution in [2.45, 2.75) is 32.7 Å². The molecule has 100 valence electrons. The van der Waals surface area contributed by atoms with Crippen molar-refractivity contribution >= 4 is 5.91 Å². The summed E-state index contributed by atoms with van der Waals surface area (Å²) in [6, 6.07) is 6.06. The number of amides is 1. The Morgan fingerprint density at radius 3 is 2.50 bits per heavy atom. The molecule has 0 bridgehead atoms. The maximum Gasteiger partial charge on any atom is 0.223 e. The third kappa shape index (κ3) is 4.45. The minimum atomic E-state index is -0.270. The van der Waals surface area contributed by atoms with E-state index >= 15 is 0 Å².